The smallest absolute Gasteiger partial charge is 0.135 e. The van der Waals surface area contributed by atoms with E-state index in [1.165, 1.54) is 12.8 Å². The van der Waals surface area contributed by atoms with Crippen molar-refractivity contribution in [1.82, 2.24) is 9.97 Å². The van der Waals surface area contributed by atoms with Crippen LogP contribution in [0.15, 0.2) is 10.7 Å². The van der Waals surface area contributed by atoms with Gasteiger partial charge in [-0.2, -0.15) is 0 Å². The molecule has 18 heavy (non-hydrogen) atoms. The lowest BCUT2D eigenvalue weighted by atomic mass is 10.2. The molecule has 0 unspecified atom stereocenters. The zero-order chi connectivity index (χ0) is 13.1. The maximum Gasteiger partial charge on any atom is 0.135 e. The molecule has 1 heterocycles. The van der Waals surface area contributed by atoms with Gasteiger partial charge in [-0.15, -0.1) is 0 Å². The Kier molecular flexibility index (Phi) is 4.56. The summed E-state index contributed by atoms with van der Waals surface area (Å²) in [6.07, 6.45) is 3.17. The van der Waals surface area contributed by atoms with Gasteiger partial charge >= 0.3 is 0 Å². The molecule has 0 bridgehead atoms. The number of anilines is 1. The van der Waals surface area contributed by atoms with Crippen LogP contribution in [0.3, 0.4) is 0 Å². The Balaban J connectivity index is 2.22. The number of aliphatic hydroxyl groups excluding tert-OH is 1. The van der Waals surface area contributed by atoms with Crippen molar-refractivity contribution in [2.45, 2.75) is 45.1 Å². The normalized spacial score (nSPS) is 15.2. The summed E-state index contributed by atoms with van der Waals surface area (Å²) < 4.78 is 0.851. The predicted molar refractivity (Wildman–Crippen MR) is 75.9 cm³/mol. The lowest BCUT2D eigenvalue weighted by Gasteiger charge is -2.28. The third kappa shape index (κ3) is 3.42. The largest absolute Gasteiger partial charge is 0.396 e. The highest BCUT2D eigenvalue weighted by Gasteiger charge is 2.28. The number of aliphatic hydroxyl groups is 1. The number of nitrogens with zero attached hydrogens (tertiary/aromatic N) is 3. The highest BCUT2D eigenvalue weighted by Crippen LogP contribution is 2.39. The molecule has 0 atom stereocenters. The van der Waals surface area contributed by atoms with E-state index in [0.717, 1.165) is 29.2 Å². The van der Waals surface area contributed by atoms with Crippen molar-refractivity contribution in [3.8, 4) is 0 Å². The molecule has 2 rings (SSSR count). The maximum absolute atomic E-state index is 8.98. The first kappa shape index (κ1) is 13.7. The van der Waals surface area contributed by atoms with Crippen molar-refractivity contribution in [1.29, 1.82) is 0 Å². The van der Waals surface area contributed by atoms with Gasteiger partial charge in [0.1, 0.15) is 16.2 Å². The predicted octanol–water partition coefficient (Wildman–Crippen LogP) is 2.71. The fraction of sp³-hybridized carbons (Fsp3) is 0.692. The van der Waals surface area contributed by atoms with Gasteiger partial charge in [0.2, 0.25) is 0 Å². The fourth-order valence-electron chi connectivity index (χ4n) is 1.97. The fourth-order valence-corrected chi connectivity index (χ4v) is 2.36. The maximum atomic E-state index is 8.98. The number of hydrogen-bond donors (Lipinski definition) is 1. The third-order valence-corrected chi connectivity index (χ3v) is 3.52. The second kappa shape index (κ2) is 5.97. The molecule has 0 saturated heterocycles. The molecule has 0 aliphatic heterocycles. The lowest BCUT2D eigenvalue weighted by molar-refractivity contribution is 0.288. The first-order valence-corrected chi connectivity index (χ1v) is 7.33. The van der Waals surface area contributed by atoms with Crippen molar-refractivity contribution in [2.24, 2.45) is 0 Å². The summed E-state index contributed by atoms with van der Waals surface area (Å²) in [7, 11) is 0. The Morgan fingerprint density at radius 3 is 2.72 bits per heavy atom. The van der Waals surface area contributed by atoms with E-state index in [2.05, 4.69) is 44.6 Å². The highest BCUT2D eigenvalue weighted by molar-refractivity contribution is 9.10. The molecule has 0 spiro atoms. The van der Waals surface area contributed by atoms with Crippen molar-refractivity contribution in [2.75, 3.05) is 18.1 Å². The number of aromatic nitrogens is 2. The molecule has 1 saturated carbocycles. The minimum Gasteiger partial charge on any atom is -0.396 e. The van der Waals surface area contributed by atoms with Gasteiger partial charge in [0, 0.05) is 31.2 Å². The first-order valence-electron chi connectivity index (χ1n) is 6.53. The van der Waals surface area contributed by atoms with E-state index in [0.29, 0.717) is 12.0 Å². The minimum atomic E-state index is 0.213. The van der Waals surface area contributed by atoms with Crippen LogP contribution in [0.25, 0.3) is 0 Å². The van der Waals surface area contributed by atoms with Crippen LogP contribution in [0, 0.1) is 0 Å². The molecule has 5 heteroatoms. The Labute approximate surface area is 117 Å². The standard InChI is InChI=1S/C13H20BrN3O/c1-9(2)17(6-3-7-18)12-8-11(14)15-13(16-12)10-4-5-10/h8-10,18H,3-7H2,1-2H3. The summed E-state index contributed by atoms with van der Waals surface area (Å²) >= 11 is 3.47. The molecule has 0 aromatic carbocycles. The van der Waals surface area contributed by atoms with Gasteiger partial charge in [-0.05, 0) is 49.0 Å². The van der Waals surface area contributed by atoms with Gasteiger partial charge in [0.15, 0.2) is 0 Å². The summed E-state index contributed by atoms with van der Waals surface area (Å²) in [5.74, 6) is 2.46. The molecule has 1 fully saturated rings. The molecule has 1 aromatic rings. The van der Waals surface area contributed by atoms with Crippen LogP contribution in [0.2, 0.25) is 0 Å². The van der Waals surface area contributed by atoms with Gasteiger partial charge in [-0.1, -0.05) is 0 Å². The van der Waals surface area contributed by atoms with E-state index < -0.39 is 0 Å². The molecule has 1 aliphatic rings. The quantitative estimate of drug-likeness (QED) is 0.820. The second-order valence-corrected chi connectivity index (χ2v) is 5.86. The monoisotopic (exact) mass is 313 g/mol. The summed E-state index contributed by atoms with van der Waals surface area (Å²) in [4.78, 5) is 11.3. The molecule has 1 aromatic heterocycles. The molecule has 0 radical (unpaired) electrons. The lowest BCUT2D eigenvalue weighted by Crippen LogP contribution is -2.33. The van der Waals surface area contributed by atoms with Crippen molar-refractivity contribution >= 4 is 21.7 Å². The first-order chi connectivity index (χ1) is 8.61. The van der Waals surface area contributed by atoms with Crippen LogP contribution < -0.4 is 4.90 Å². The van der Waals surface area contributed by atoms with Gasteiger partial charge in [-0.25, -0.2) is 9.97 Å². The summed E-state index contributed by atoms with van der Waals surface area (Å²) in [6, 6.07) is 2.33. The highest BCUT2D eigenvalue weighted by atomic mass is 79.9. The average molecular weight is 314 g/mol. The zero-order valence-electron chi connectivity index (χ0n) is 10.9. The summed E-state index contributed by atoms with van der Waals surface area (Å²) in [5, 5.41) is 8.98. The van der Waals surface area contributed by atoms with Gasteiger partial charge < -0.3 is 10.0 Å². The van der Waals surface area contributed by atoms with Crippen molar-refractivity contribution < 1.29 is 5.11 Å². The Morgan fingerprint density at radius 2 is 2.17 bits per heavy atom. The van der Waals surface area contributed by atoms with Gasteiger partial charge in [-0.3, -0.25) is 0 Å². The number of hydrogen-bond acceptors (Lipinski definition) is 4. The molecule has 0 amide bonds. The van der Waals surface area contributed by atoms with Crippen LogP contribution in [0.1, 0.15) is 44.9 Å². The third-order valence-electron chi connectivity index (χ3n) is 3.12. The summed E-state index contributed by atoms with van der Waals surface area (Å²) in [5.41, 5.74) is 0. The molecule has 100 valence electrons. The van der Waals surface area contributed by atoms with Crippen LogP contribution in [0.4, 0.5) is 5.82 Å². The SMILES string of the molecule is CC(C)N(CCCO)c1cc(Br)nc(C2CC2)n1. The van der Waals surface area contributed by atoms with Crippen LogP contribution in [-0.2, 0) is 0 Å². The molecular formula is C13H20BrN3O. The number of halogens is 1. The molecular weight excluding hydrogens is 294 g/mol. The Bertz CT molecular complexity index is 407. The molecule has 1 aliphatic carbocycles. The Hall–Kier alpha value is -0.680. The van der Waals surface area contributed by atoms with E-state index in [1.54, 1.807) is 0 Å². The second-order valence-electron chi connectivity index (χ2n) is 5.05. The summed E-state index contributed by atoms with van der Waals surface area (Å²) in [6.45, 7) is 5.32. The topological polar surface area (TPSA) is 49.2 Å². The van der Waals surface area contributed by atoms with E-state index in [-0.39, 0.29) is 6.61 Å². The van der Waals surface area contributed by atoms with Gasteiger partial charge in [0.05, 0.1) is 0 Å². The van der Waals surface area contributed by atoms with Crippen LogP contribution >= 0.6 is 15.9 Å². The minimum absolute atomic E-state index is 0.213. The van der Waals surface area contributed by atoms with Gasteiger partial charge in [0.25, 0.3) is 0 Å². The molecule has 4 nitrogen and oxygen atoms in total. The Morgan fingerprint density at radius 1 is 1.44 bits per heavy atom. The van der Waals surface area contributed by atoms with Crippen molar-refractivity contribution in [3.05, 3.63) is 16.5 Å². The van der Waals surface area contributed by atoms with Crippen LogP contribution in [0.5, 0.6) is 0 Å². The average Bonchev–Trinajstić information content (AvgIpc) is 3.12. The van der Waals surface area contributed by atoms with Crippen molar-refractivity contribution in [3.63, 3.8) is 0 Å². The number of rotatable bonds is 6. The van der Waals surface area contributed by atoms with E-state index >= 15 is 0 Å². The zero-order valence-corrected chi connectivity index (χ0v) is 12.5. The molecule has 1 N–H and O–H groups in total. The van der Waals surface area contributed by atoms with Crippen LogP contribution in [-0.4, -0.2) is 34.3 Å². The van der Waals surface area contributed by atoms with E-state index in [1.807, 2.05) is 6.07 Å². The van der Waals surface area contributed by atoms with E-state index in [9.17, 15) is 0 Å². The van der Waals surface area contributed by atoms with E-state index in [4.69, 9.17) is 5.11 Å².